The third kappa shape index (κ3) is 6.17. The molecule has 216 valence electrons. The lowest BCUT2D eigenvalue weighted by Crippen LogP contribution is -2.52. The molecular weight excluding hydrogens is 607 g/mol. The Labute approximate surface area is 252 Å². The van der Waals surface area contributed by atoms with Crippen molar-refractivity contribution in [2.45, 2.75) is 36.8 Å². The molecule has 1 fully saturated rings. The zero-order chi connectivity index (χ0) is 29.5. The number of likely N-dealkylation sites (tertiary alicyclic amines) is 1. The first-order valence-corrected chi connectivity index (χ1v) is 16.3. The van der Waals surface area contributed by atoms with Gasteiger partial charge in [0.1, 0.15) is 5.57 Å². The molecule has 2 aliphatic rings. The van der Waals surface area contributed by atoms with Crippen LogP contribution in [0.2, 0.25) is 9.36 Å². The quantitative estimate of drug-likeness (QED) is 0.334. The van der Waals surface area contributed by atoms with Gasteiger partial charge in [0.05, 0.1) is 22.3 Å². The van der Waals surface area contributed by atoms with E-state index in [-0.39, 0.29) is 35.2 Å². The first-order valence-electron chi connectivity index (χ1n) is 12.9. The number of sulfone groups is 1. The monoisotopic (exact) mass is 634 g/mol. The van der Waals surface area contributed by atoms with E-state index in [0.29, 0.717) is 57.5 Å². The second-order valence-corrected chi connectivity index (χ2v) is 14.6. The number of nitrogens with one attached hydrogen (secondary N) is 1. The third-order valence-electron chi connectivity index (χ3n) is 7.31. The maximum atomic E-state index is 13.2. The number of carbonyl (C=O) groups excluding carboxylic acids is 2. The van der Waals surface area contributed by atoms with Gasteiger partial charge < -0.3 is 15.2 Å². The van der Waals surface area contributed by atoms with Crippen LogP contribution in [0.25, 0.3) is 16.7 Å². The number of ether oxygens (including phenoxy) is 1. The molecule has 8 nitrogen and oxygen atoms in total. The minimum absolute atomic E-state index is 0.0433. The van der Waals surface area contributed by atoms with Gasteiger partial charge in [0.2, 0.25) is 5.91 Å². The number of piperidine rings is 1. The van der Waals surface area contributed by atoms with Gasteiger partial charge in [-0.25, -0.2) is 13.2 Å². The zero-order valence-corrected chi connectivity index (χ0v) is 25.5. The Balaban J connectivity index is 1.37. The maximum absolute atomic E-state index is 13.2. The summed E-state index contributed by atoms with van der Waals surface area (Å²) < 4.78 is 30.6. The molecule has 5 rings (SSSR count). The molecule has 3 heterocycles. The Hall–Kier alpha value is -2.89. The van der Waals surface area contributed by atoms with E-state index in [9.17, 15) is 23.1 Å². The lowest BCUT2D eigenvalue weighted by atomic mass is 9.87. The molecule has 2 aliphatic heterocycles. The van der Waals surface area contributed by atoms with Crippen molar-refractivity contribution in [2.75, 3.05) is 25.9 Å². The van der Waals surface area contributed by atoms with Gasteiger partial charge >= 0.3 is 5.97 Å². The van der Waals surface area contributed by atoms with Crippen LogP contribution in [0, 0.1) is 6.92 Å². The number of aliphatic hydroxyl groups excluding tert-OH is 1. The van der Waals surface area contributed by atoms with E-state index in [1.807, 2.05) is 11.0 Å². The number of hydrogen-bond acceptors (Lipinski definition) is 8. The van der Waals surface area contributed by atoms with Crippen LogP contribution in [0.15, 0.2) is 59.2 Å². The highest BCUT2D eigenvalue weighted by Crippen LogP contribution is 2.44. The Morgan fingerprint density at radius 1 is 1.17 bits per heavy atom. The average Bonchev–Trinajstić information content (AvgIpc) is 3.43. The van der Waals surface area contributed by atoms with Crippen LogP contribution in [0.3, 0.4) is 0 Å². The molecule has 0 saturated carbocycles. The van der Waals surface area contributed by atoms with Gasteiger partial charge in [-0.15, -0.1) is 11.3 Å². The van der Waals surface area contributed by atoms with E-state index in [4.69, 9.17) is 27.9 Å². The Morgan fingerprint density at radius 3 is 2.66 bits per heavy atom. The van der Waals surface area contributed by atoms with Crippen LogP contribution in [0.1, 0.15) is 28.8 Å². The molecule has 1 atom stereocenters. The summed E-state index contributed by atoms with van der Waals surface area (Å²) in [5.41, 5.74) is 1.08. The molecule has 2 aromatic carbocycles. The Morgan fingerprint density at radius 2 is 1.95 bits per heavy atom. The standard InChI is InChI=1S/C29H28Cl2N2O6S2/c1-17-11-22(18-5-3-6-20(12-18)41(2,37)38)23(30)13-21(17)26-27(35)29(39-28(26)36)9-4-10-33(16-29)15-25(34)32-14-19-7-8-24(31)40-19/h3,5-8,11-13,35H,4,9-10,14-16H2,1-2H3,(H,32,34). The maximum Gasteiger partial charge on any atom is 0.343 e. The van der Waals surface area contributed by atoms with Crippen molar-refractivity contribution < 1.29 is 27.9 Å². The summed E-state index contributed by atoms with van der Waals surface area (Å²) in [7, 11) is -3.41. The van der Waals surface area contributed by atoms with Gasteiger partial charge in [-0.05, 0) is 79.4 Å². The molecule has 1 amide bonds. The minimum Gasteiger partial charge on any atom is -0.507 e. The van der Waals surface area contributed by atoms with E-state index in [1.54, 1.807) is 43.3 Å². The lowest BCUT2D eigenvalue weighted by Gasteiger charge is -2.38. The van der Waals surface area contributed by atoms with E-state index in [0.717, 1.165) is 11.1 Å². The number of aryl methyl sites for hydroxylation is 1. The topological polar surface area (TPSA) is 113 Å². The fourth-order valence-electron chi connectivity index (χ4n) is 5.32. The summed E-state index contributed by atoms with van der Waals surface area (Å²) >= 11 is 14.0. The predicted molar refractivity (Wildman–Crippen MR) is 160 cm³/mol. The van der Waals surface area contributed by atoms with E-state index in [1.165, 1.54) is 17.4 Å². The van der Waals surface area contributed by atoms with E-state index in [2.05, 4.69) is 5.32 Å². The molecule has 3 aromatic rings. The smallest absolute Gasteiger partial charge is 0.343 e. The second-order valence-electron chi connectivity index (χ2n) is 10.4. The number of nitrogens with zero attached hydrogens (tertiary/aromatic N) is 1. The van der Waals surface area contributed by atoms with Crippen LogP contribution < -0.4 is 5.32 Å². The van der Waals surface area contributed by atoms with Crippen LogP contribution in [0.4, 0.5) is 0 Å². The number of thiophene rings is 1. The van der Waals surface area contributed by atoms with Crippen LogP contribution in [0.5, 0.6) is 0 Å². The molecule has 0 aliphatic carbocycles. The molecule has 1 aromatic heterocycles. The Bertz CT molecular complexity index is 1680. The van der Waals surface area contributed by atoms with Gasteiger partial charge in [-0.3, -0.25) is 9.69 Å². The fourth-order valence-corrected chi connectivity index (χ4v) is 7.28. The fraction of sp³-hybridized carbons (Fsp3) is 0.310. The number of esters is 1. The molecule has 1 spiro atoms. The highest BCUT2D eigenvalue weighted by Gasteiger charge is 2.51. The number of halogens is 2. The number of rotatable bonds is 7. The van der Waals surface area contributed by atoms with Crippen LogP contribution in [-0.4, -0.2) is 61.8 Å². The summed E-state index contributed by atoms with van der Waals surface area (Å²) in [6.45, 7) is 3.04. The van der Waals surface area contributed by atoms with Crippen molar-refractivity contribution in [2.24, 2.45) is 0 Å². The highest BCUT2D eigenvalue weighted by molar-refractivity contribution is 7.90. The molecular formula is C29H28Cl2N2O6S2. The first-order chi connectivity index (χ1) is 19.4. The molecule has 41 heavy (non-hydrogen) atoms. The first kappa shape index (κ1) is 29.6. The molecule has 12 heteroatoms. The van der Waals surface area contributed by atoms with Gasteiger partial charge in [0.25, 0.3) is 0 Å². The minimum atomic E-state index is -3.41. The van der Waals surface area contributed by atoms with Gasteiger partial charge in [0, 0.05) is 28.3 Å². The molecule has 1 unspecified atom stereocenters. The summed E-state index contributed by atoms with van der Waals surface area (Å²) in [4.78, 5) is 28.8. The molecule has 2 N–H and O–H groups in total. The largest absolute Gasteiger partial charge is 0.507 e. The van der Waals surface area contributed by atoms with Crippen LogP contribution >= 0.6 is 34.5 Å². The normalized spacial score (nSPS) is 19.6. The molecule has 0 bridgehead atoms. The number of hydrogen-bond donors (Lipinski definition) is 2. The van der Waals surface area contributed by atoms with Crippen LogP contribution in [-0.2, 0) is 30.7 Å². The predicted octanol–water partition coefficient (Wildman–Crippen LogP) is 5.41. The van der Waals surface area contributed by atoms with Gasteiger partial charge in [-0.2, -0.15) is 0 Å². The van der Waals surface area contributed by atoms with E-state index >= 15 is 0 Å². The van der Waals surface area contributed by atoms with Gasteiger partial charge in [-0.1, -0.05) is 35.3 Å². The SMILES string of the molecule is Cc1cc(-c2cccc(S(C)(=O)=O)c2)c(Cl)cc1C1=C(O)C2(CCCN(CC(=O)NCc3ccc(Cl)s3)C2)OC1=O. The summed E-state index contributed by atoms with van der Waals surface area (Å²) in [6.07, 6.45) is 2.18. The number of benzene rings is 2. The average molecular weight is 636 g/mol. The lowest BCUT2D eigenvalue weighted by molar-refractivity contribution is -0.152. The van der Waals surface area contributed by atoms with Crippen molar-refractivity contribution in [3.05, 3.63) is 79.7 Å². The highest BCUT2D eigenvalue weighted by atomic mass is 35.5. The number of carbonyl (C=O) groups is 2. The molecule has 1 saturated heterocycles. The van der Waals surface area contributed by atoms with Crippen molar-refractivity contribution in [1.29, 1.82) is 0 Å². The van der Waals surface area contributed by atoms with Crippen molar-refractivity contribution >= 4 is 61.8 Å². The van der Waals surface area contributed by atoms with Crippen molar-refractivity contribution in [1.82, 2.24) is 10.2 Å². The van der Waals surface area contributed by atoms with Crippen molar-refractivity contribution in [3.63, 3.8) is 0 Å². The second kappa shape index (κ2) is 11.4. The number of aliphatic hydroxyl groups is 1. The summed E-state index contributed by atoms with van der Waals surface area (Å²) in [6, 6.07) is 13.5. The molecule has 0 radical (unpaired) electrons. The van der Waals surface area contributed by atoms with E-state index < -0.39 is 21.4 Å². The zero-order valence-electron chi connectivity index (χ0n) is 22.4. The summed E-state index contributed by atoms with van der Waals surface area (Å²) in [5, 5.41) is 14.6. The summed E-state index contributed by atoms with van der Waals surface area (Å²) in [5.74, 6) is -1.01. The Kier molecular flexibility index (Phi) is 8.24. The van der Waals surface area contributed by atoms with Gasteiger partial charge in [0.15, 0.2) is 21.2 Å². The third-order valence-corrected chi connectivity index (χ3v) is 9.96. The van der Waals surface area contributed by atoms with Crippen molar-refractivity contribution in [3.8, 4) is 11.1 Å². The number of amides is 1.